The van der Waals surface area contributed by atoms with E-state index >= 15 is 0 Å². The van der Waals surface area contributed by atoms with Crippen molar-refractivity contribution in [3.63, 3.8) is 0 Å². The van der Waals surface area contributed by atoms with Crippen LogP contribution in [0.25, 0.3) is 0 Å². The summed E-state index contributed by atoms with van der Waals surface area (Å²) in [6.07, 6.45) is -11.0. The predicted octanol–water partition coefficient (Wildman–Crippen LogP) is 4.55. The second-order valence-corrected chi connectivity index (χ2v) is 7.67. The number of carboxylic acid groups (broad SMARTS) is 1. The number of carbonyl (C=O) groups is 1. The fourth-order valence-corrected chi connectivity index (χ4v) is 3.15. The minimum atomic E-state index is -5.01. The minimum Gasteiger partial charge on any atom is -0.476 e. The van der Waals surface area contributed by atoms with E-state index in [2.05, 4.69) is 4.98 Å². The molecule has 1 aromatic carbocycles. The second kappa shape index (κ2) is 7.74. The van der Waals surface area contributed by atoms with Crippen LogP contribution in [0.3, 0.4) is 0 Å². The Kier molecular flexibility index (Phi) is 6.08. The van der Waals surface area contributed by atoms with Crippen molar-refractivity contribution < 1.29 is 37.0 Å². The zero-order valence-electron chi connectivity index (χ0n) is 16.2. The molecule has 0 aliphatic rings. The molecule has 0 fully saturated rings. The Balaban J connectivity index is 2.73. The first-order chi connectivity index (χ1) is 13.2. The highest BCUT2D eigenvalue weighted by atomic mass is 19.4. The smallest absolute Gasteiger partial charge is 0.417 e. The molecule has 29 heavy (non-hydrogen) atoms. The van der Waals surface area contributed by atoms with Crippen molar-refractivity contribution in [1.29, 1.82) is 0 Å². The topological polar surface area (TPSA) is 75.3 Å². The molecule has 10 heteroatoms. The third-order valence-electron chi connectivity index (χ3n) is 4.45. The molecule has 1 atom stereocenters. The van der Waals surface area contributed by atoms with E-state index in [1.165, 1.54) is 11.5 Å². The van der Waals surface area contributed by atoms with Gasteiger partial charge in [-0.2, -0.15) is 13.2 Å². The lowest BCUT2D eigenvalue weighted by Gasteiger charge is -2.24. The van der Waals surface area contributed by atoms with Crippen molar-refractivity contribution in [2.75, 3.05) is 0 Å². The number of hydrogen-bond acceptors (Lipinski definition) is 3. The third-order valence-corrected chi connectivity index (χ3v) is 4.45. The maximum atomic E-state index is 13.7. The van der Waals surface area contributed by atoms with Crippen LogP contribution in [0.5, 0.6) is 0 Å². The van der Waals surface area contributed by atoms with Gasteiger partial charge in [0.25, 0.3) is 6.43 Å². The van der Waals surface area contributed by atoms with Crippen LogP contribution in [0.15, 0.2) is 18.2 Å². The minimum absolute atomic E-state index is 0.135. The Hall–Kier alpha value is -2.49. The summed E-state index contributed by atoms with van der Waals surface area (Å²) in [5.74, 6) is -1.09. The van der Waals surface area contributed by atoms with Crippen LogP contribution in [0, 0.1) is 6.92 Å². The molecule has 0 aliphatic carbocycles. The van der Waals surface area contributed by atoms with Crippen LogP contribution < -0.4 is 0 Å². The first-order valence-electron chi connectivity index (χ1n) is 8.62. The number of nitrogens with zero attached hydrogens (tertiary/aromatic N) is 2. The fraction of sp³-hybridized carbons (Fsp3) is 0.474. The van der Waals surface area contributed by atoms with Crippen molar-refractivity contribution in [1.82, 2.24) is 9.55 Å². The Bertz CT molecular complexity index is 914. The molecule has 1 heterocycles. The molecule has 1 unspecified atom stereocenters. The zero-order chi connectivity index (χ0) is 22.3. The van der Waals surface area contributed by atoms with E-state index in [0.29, 0.717) is 0 Å². The van der Waals surface area contributed by atoms with Gasteiger partial charge in [0.05, 0.1) is 5.56 Å². The number of hydrogen-bond donors (Lipinski definition) is 2. The van der Waals surface area contributed by atoms with Crippen LogP contribution in [-0.2, 0) is 18.1 Å². The van der Waals surface area contributed by atoms with Gasteiger partial charge in [-0.15, -0.1) is 0 Å². The SMILES string of the molecule is Cc1c(C(=O)O)nc(C(C)(C)C)n1Cc1cccc(C(O)C(F)F)c1C(F)(F)F. The molecule has 0 saturated carbocycles. The molecule has 2 aromatic rings. The van der Waals surface area contributed by atoms with Crippen LogP contribution >= 0.6 is 0 Å². The molecule has 2 N–H and O–H groups in total. The lowest BCUT2D eigenvalue weighted by atomic mass is 9.94. The van der Waals surface area contributed by atoms with E-state index in [9.17, 15) is 37.0 Å². The summed E-state index contributed by atoms with van der Waals surface area (Å²) in [7, 11) is 0. The summed E-state index contributed by atoms with van der Waals surface area (Å²) in [6.45, 7) is 6.13. The maximum Gasteiger partial charge on any atom is 0.417 e. The Labute approximate surface area is 163 Å². The summed E-state index contributed by atoms with van der Waals surface area (Å²) in [4.78, 5) is 15.5. The van der Waals surface area contributed by atoms with Crippen molar-refractivity contribution in [2.24, 2.45) is 0 Å². The molecular formula is C19H21F5N2O3. The summed E-state index contributed by atoms with van der Waals surface area (Å²) in [5, 5.41) is 18.9. The molecule has 2 rings (SSSR count). The molecule has 0 amide bonds. The second-order valence-electron chi connectivity index (χ2n) is 7.67. The molecule has 0 bridgehead atoms. The van der Waals surface area contributed by atoms with Gasteiger partial charge in [0, 0.05) is 17.7 Å². The standard InChI is InChI=1S/C19H21F5N2O3/c1-9-13(16(28)29)25-17(18(2,3)4)26(9)8-10-6-5-7-11(14(27)15(20)21)12(10)19(22,23)24/h5-7,14-15,27H,8H2,1-4H3,(H,28,29). The fourth-order valence-electron chi connectivity index (χ4n) is 3.15. The lowest BCUT2D eigenvalue weighted by molar-refractivity contribution is -0.140. The Morgan fingerprint density at radius 2 is 1.79 bits per heavy atom. The van der Waals surface area contributed by atoms with Gasteiger partial charge in [0.15, 0.2) is 5.69 Å². The van der Waals surface area contributed by atoms with E-state index in [1.807, 2.05) is 0 Å². The van der Waals surface area contributed by atoms with E-state index in [-0.39, 0.29) is 22.8 Å². The van der Waals surface area contributed by atoms with Gasteiger partial charge in [-0.1, -0.05) is 39.0 Å². The number of alkyl halides is 5. The molecule has 160 valence electrons. The molecule has 0 radical (unpaired) electrons. The van der Waals surface area contributed by atoms with Crippen molar-refractivity contribution in [3.05, 3.63) is 52.1 Å². The molecule has 0 aliphatic heterocycles. The van der Waals surface area contributed by atoms with Gasteiger partial charge in [-0.3, -0.25) is 0 Å². The largest absolute Gasteiger partial charge is 0.476 e. The van der Waals surface area contributed by atoms with E-state index < -0.39 is 47.8 Å². The molecule has 5 nitrogen and oxygen atoms in total. The maximum absolute atomic E-state index is 13.7. The number of carboxylic acids is 1. The molecular weight excluding hydrogens is 399 g/mol. The highest BCUT2D eigenvalue weighted by Gasteiger charge is 2.39. The predicted molar refractivity (Wildman–Crippen MR) is 94.1 cm³/mol. The number of aromatic carboxylic acids is 1. The first-order valence-corrected chi connectivity index (χ1v) is 8.62. The summed E-state index contributed by atoms with van der Waals surface area (Å²) >= 11 is 0. The zero-order valence-corrected chi connectivity index (χ0v) is 16.2. The van der Waals surface area contributed by atoms with E-state index in [1.54, 1.807) is 20.8 Å². The average molecular weight is 420 g/mol. The number of halogens is 5. The van der Waals surface area contributed by atoms with Crippen LogP contribution in [-0.4, -0.2) is 32.2 Å². The van der Waals surface area contributed by atoms with Gasteiger partial charge < -0.3 is 14.8 Å². The van der Waals surface area contributed by atoms with Crippen molar-refractivity contribution >= 4 is 5.97 Å². The average Bonchev–Trinajstić information content (AvgIpc) is 2.90. The highest BCUT2D eigenvalue weighted by Crippen LogP contribution is 2.39. The van der Waals surface area contributed by atoms with Gasteiger partial charge in [0.2, 0.25) is 0 Å². The monoisotopic (exact) mass is 420 g/mol. The van der Waals surface area contributed by atoms with Gasteiger partial charge in [-0.25, -0.2) is 18.6 Å². The number of aliphatic hydroxyl groups is 1. The summed E-state index contributed by atoms with van der Waals surface area (Å²) < 4.78 is 68.4. The Morgan fingerprint density at radius 3 is 2.24 bits per heavy atom. The molecule has 0 spiro atoms. The highest BCUT2D eigenvalue weighted by molar-refractivity contribution is 5.86. The van der Waals surface area contributed by atoms with Crippen LogP contribution in [0.4, 0.5) is 22.0 Å². The lowest BCUT2D eigenvalue weighted by Crippen LogP contribution is -2.23. The number of aromatic nitrogens is 2. The van der Waals surface area contributed by atoms with E-state index in [4.69, 9.17) is 0 Å². The number of imidazole rings is 1. The van der Waals surface area contributed by atoms with Gasteiger partial charge in [0.1, 0.15) is 11.9 Å². The quantitative estimate of drug-likeness (QED) is 0.696. The molecule has 1 aromatic heterocycles. The summed E-state index contributed by atoms with van der Waals surface area (Å²) in [5.41, 5.74) is -3.53. The number of rotatable bonds is 5. The molecule has 0 saturated heterocycles. The normalized spacial score (nSPS) is 13.8. The number of benzene rings is 1. The van der Waals surface area contributed by atoms with Crippen molar-refractivity contribution in [2.45, 2.75) is 58.4 Å². The Morgan fingerprint density at radius 1 is 1.21 bits per heavy atom. The van der Waals surface area contributed by atoms with Gasteiger partial charge >= 0.3 is 12.1 Å². The van der Waals surface area contributed by atoms with E-state index in [0.717, 1.165) is 18.2 Å². The first kappa shape index (κ1) is 22.8. The van der Waals surface area contributed by atoms with Crippen molar-refractivity contribution in [3.8, 4) is 0 Å². The third kappa shape index (κ3) is 4.58. The van der Waals surface area contributed by atoms with Crippen LogP contribution in [0.2, 0.25) is 0 Å². The summed E-state index contributed by atoms with van der Waals surface area (Å²) in [6, 6.07) is 3.06. The van der Waals surface area contributed by atoms with Gasteiger partial charge in [-0.05, 0) is 18.1 Å². The number of aliphatic hydroxyl groups excluding tert-OH is 1. The van der Waals surface area contributed by atoms with Crippen LogP contribution in [0.1, 0.15) is 65.6 Å².